The summed E-state index contributed by atoms with van der Waals surface area (Å²) in [5, 5.41) is 2.94. The Kier molecular flexibility index (Phi) is 5.79. The maximum Gasteiger partial charge on any atom is 0.238 e. The minimum Gasteiger partial charge on any atom is -0.497 e. The molecule has 1 aliphatic carbocycles. The number of benzene rings is 2. The molecule has 27 heavy (non-hydrogen) atoms. The fourth-order valence-corrected chi connectivity index (χ4v) is 3.19. The van der Waals surface area contributed by atoms with Gasteiger partial charge in [0.1, 0.15) is 11.2 Å². The summed E-state index contributed by atoms with van der Waals surface area (Å²) in [7, 11) is 1.62. The maximum absolute atomic E-state index is 13.0. The van der Waals surface area contributed by atoms with Gasteiger partial charge in [-0.3, -0.25) is 9.59 Å². The molecule has 0 saturated heterocycles. The number of carbonyl (C=O) groups excluding carboxylic acids is 2. The maximum atomic E-state index is 13.0. The van der Waals surface area contributed by atoms with Gasteiger partial charge in [-0.15, -0.1) is 0 Å². The van der Waals surface area contributed by atoms with Crippen molar-refractivity contribution in [1.29, 1.82) is 0 Å². The van der Waals surface area contributed by atoms with Crippen LogP contribution in [-0.4, -0.2) is 30.4 Å². The van der Waals surface area contributed by atoms with E-state index < -0.39 is 5.41 Å². The Morgan fingerprint density at radius 3 is 2.26 bits per heavy atom. The van der Waals surface area contributed by atoms with Crippen molar-refractivity contribution >= 4 is 11.8 Å². The topological polar surface area (TPSA) is 58.6 Å². The highest BCUT2D eigenvalue weighted by Crippen LogP contribution is 2.47. The van der Waals surface area contributed by atoms with Gasteiger partial charge in [0.25, 0.3) is 0 Å². The molecule has 0 heterocycles. The Bertz CT molecular complexity index is 783. The number of rotatable bonds is 8. The standard InChI is InChI=1S/C22H26N2O3/c1-3-24(16-18-7-5-4-6-8-18)21(26)22(13-14-22)20(25)23-15-17-9-11-19(27-2)12-10-17/h4-12H,3,13-16H2,1-2H3,(H,23,25). The number of hydrogen-bond donors (Lipinski definition) is 1. The second-order valence-corrected chi connectivity index (χ2v) is 6.92. The van der Waals surface area contributed by atoms with Gasteiger partial charge in [0, 0.05) is 19.6 Å². The second-order valence-electron chi connectivity index (χ2n) is 6.92. The summed E-state index contributed by atoms with van der Waals surface area (Å²) in [6.45, 7) is 3.47. The zero-order chi connectivity index (χ0) is 19.3. The molecule has 2 aromatic carbocycles. The fraction of sp³-hybridized carbons (Fsp3) is 0.364. The molecule has 1 fully saturated rings. The van der Waals surface area contributed by atoms with E-state index in [9.17, 15) is 9.59 Å². The van der Waals surface area contributed by atoms with Crippen molar-refractivity contribution in [2.24, 2.45) is 5.41 Å². The van der Waals surface area contributed by atoms with Crippen LogP contribution in [0.5, 0.6) is 5.75 Å². The van der Waals surface area contributed by atoms with E-state index in [-0.39, 0.29) is 11.8 Å². The van der Waals surface area contributed by atoms with Crippen LogP contribution in [0.1, 0.15) is 30.9 Å². The largest absolute Gasteiger partial charge is 0.497 e. The van der Waals surface area contributed by atoms with Crippen molar-refractivity contribution in [3.05, 3.63) is 65.7 Å². The lowest BCUT2D eigenvalue weighted by Gasteiger charge is -2.26. The van der Waals surface area contributed by atoms with Crippen LogP contribution in [0.4, 0.5) is 0 Å². The molecule has 142 valence electrons. The van der Waals surface area contributed by atoms with Gasteiger partial charge >= 0.3 is 0 Å². The third-order valence-electron chi connectivity index (χ3n) is 5.09. The van der Waals surface area contributed by atoms with Crippen LogP contribution < -0.4 is 10.1 Å². The molecule has 3 rings (SSSR count). The molecular formula is C22H26N2O3. The SMILES string of the molecule is CCN(Cc1ccccc1)C(=O)C1(C(=O)NCc2ccc(OC)cc2)CC1. The molecule has 0 aromatic heterocycles. The van der Waals surface area contributed by atoms with E-state index in [1.807, 2.05) is 61.5 Å². The summed E-state index contributed by atoms with van der Waals surface area (Å²) in [5.41, 5.74) is 1.16. The number of amides is 2. The number of hydrogen-bond acceptors (Lipinski definition) is 3. The van der Waals surface area contributed by atoms with Crippen molar-refractivity contribution in [3.8, 4) is 5.75 Å². The summed E-state index contributed by atoms with van der Waals surface area (Å²) >= 11 is 0. The predicted molar refractivity (Wildman–Crippen MR) is 104 cm³/mol. The third kappa shape index (κ3) is 4.30. The first-order chi connectivity index (χ1) is 13.1. The summed E-state index contributed by atoms with van der Waals surface area (Å²) in [6.07, 6.45) is 1.23. The first-order valence-electron chi connectivity index (χ1n) is 9.33. The number of carbonyl (C=O) groups is 2. The van der Waals surface area contributed by atoms with E-state index in [1.165, 1.54) is 0 Å². The number of methoxy groups -OCH3 is 1. The van der Waals surface area contributed by atoms with Gasteiger partial charge in [-0.1, -0.05) is 42.5 Å². The molecule has 2 amide bonds. The summed E-state index contributed by atoms with van der Waals surface area (Å²) in [4.78, 5) is 27.6. The third-order valence-corrected chi connectivity index (χ3v) is 5.09. The van der Waals surface area contributed by atoms with Gasteiger partial charge in [-0.25, -0.2) is 0 Å². The summed E-state index contributed by atoms with van der Waals surface area (Å²) in [5.74, 6) is 0.536. The second kappa shape index (κ2) is 8.25. The molecule has 1 aliphatic rings. The zero-order valence-electron chi connectivity index (χ0n) is 15.9. The molecule has 0 bridgehead atoms. The minimum atomic E-state index is -0.892. The highest BCUT2D eigenvalue weighted by molar-refractivity contribution is 6.07. The smallest absolute Gasteiger partial charge is 0.238 e. The molecule has 1 saturated carbocycles. The lowest BCUT2D eigenvalue weighted by molar-refractivity contribution is -0.144. The van der Waals surface area contributed by atoms with Gasteiger partial charge in [0.2, 0.25) is 11.8 Å². The van der Waals surface area contributed by atoms with Crippen molar-refractivity contribution in [1.82, 2.24) is 10.2 Å². The lowest BCUT2D eigenvalue weighted by Crippen LogP contribution is -2.44. The molecule has 0 atom stereocenters. The average Bonchev–Trinajstić information content (AvgIpc) is 3.53. The fourth-order valence-electron chi connectivity index (χ4n) is 3.19. The van der Waals surface area contributed by atoms with Crippen molar-refractivity contribution in [3.63, 3.8) is 0 Å². The number of ether oxygens (including phenoxy) is 1. The molecule has 0 spiro atoms. The van der Waals surface area contributed by atoms with Crippen LogP contribution in [0.3, 0.4) is 0 Å². The normalized spacial score (nSPS) is 14.3. The molecule has 0 unspecified atom stereocenters. The van der Waals surface area contributed by atoms with Crippen molar-refractivity contribution in [2.45, 2.75) is 32.9 Å². The van der Waals surface area contributed by atoms with Crippen LogP contribution >= 0.6 is 0 Å². The lowest BCUT2D eigenvalue weighted by atomic mass is 10.0. The molecular weight excluding hydrogens is 340 g/mol. The number of nitrogens with one attached hydrogen (secondary N) is 1. The first kappa shape index (κ1) is 19.0. The zero-order valence-corrected chi connectivity index (χ0v) is 15.9. The van der Waals surface area contributed by atoms with Crippen LogP contribution in [-0.2, 0) is 22.7 Å². The van der Waals surface area contributed by atoms with Gasteiger partial charge in [0.05, 0.1) is 7.11 Å². The Morgan fingerprint density at radius 1 is 1.04 bits per heavy atom. The Hall–Kier alpha value is -2.82. The summed E-state index contributed by atoms with van der Waals surface area (Å²) < 4.78 is 5.14. The minimum absolute atomic E-state index is 0.0684. The molecule has 1 N–H and O–H groups in total. The van der Waals surface area contributed by atoms with Crippen LogP contribution in [0, 0.1) is 5.41 Å². The van der Waals surface area contributed by atoms with E-state index in [1.54, 1.807) is 12.0 Å². The molecule has 0 aliphatic heterocycles. The van der Waals surface area contributed by atoms with Crippen LogP contribution in [0.15, 0.2) is 54.6 Å². The van der Waals surface area contributed by atoms with Crippen LogP contribution in [0.25, 0.3) is 0 Å². The van der Waals surface area contributed by atoms with Crippen LogP contribution in [0.2, 0.25) is 0 Å². The van der Waals surface area contributed by atoms with E-state index >= 15 is 0 Å². The van der Waals surface area contributed by atoms with Gasteiger partial charge in [-0.05, 0) is 43.0 Å². The first-order valence-corrected chi connectivity index (χ1v) is 9.33. The Labute approximate surface area is 160 Å². The van der Waals surface area contributed by atoms with Crippen molar-refractivity contribution < 1.29 is 14.3 Å². The Morgan fingerprint density at radius 2 is 1.70 bits per heavy atom. The average molecular weight is 366 g/mol. The summed E-state index contributed by atoms with van der Waals surface area (Å²) in [6, 6.07) is 17.4. The van der Waals surface area contributed by atoms with E-state index in [0.717, 1.165) is 16.9 Å². The van der Waals surface area contributed by atoms with E-state index in [4.69, 9.17) is 4.74 Å². The predicted octanol–water partition coefficient (Wildman–Crippen LogP) is 3.14. The van der Waals surface area contributed by atoms with Gasteiger partial charge in [-0.2, -0.15) is 0 Å². The monoisotopic (exact) mass is 366 g/mol. The molecule has 0 radical (unpaired) electrons. The highest BCUT2D eigenvalue weighted by atomic mass is 16.5. The molecule has 5 nitrogen and oxygen atoms in total. The Balaban J connectivity index is 1.61. The molecule has 2 aromatic rings. The quantitative estimate of drug-likeness (QED) is 0.730. The van der Waals surface area contributed by atoms with E-state index in [0.29, 0.717) is 32.5 Å². The molecule has 5 heteroatoms. The highest BCUT2D eigenvalue weighted by Gasteiger charge is 2.57. The van der Waals surface area contributed by atoms with E-state index in [2.05, 4.69) is 5.32 Å². The number of nitrogens with zero attached hydrogens (tertiary/aromatic N) is 1. The van der Waals surface area contributed by atoms with Gasteiger partial charge in [0.15, 0.2) is 0 Å². The van der Waals surface area contributed by atoms with Crippen molar-refractivity contribution in [2.75, 3.05) is 13.7 Å². The van der Waals surface area contributed by atoms with Gasteiger partial charge < -0.3 is 15.0 Å².